The summed E-state index contributed by atoms with van der Waals surface area (Å²) in [6.45, 7) is 18.0. The Morgan fingerprint density at radius 3 is 2.39 bits per heavy atom. The van der Waals surface area contributed by atoms with E-state index in [1.165, 1.54) is 19.3 Å². The lowest BCUT2D eigenvalue weighted by molar-refractivity contribution is 0.242. The zero-order valence-corrected chi connectivity index (χ0v) is 13.3. The molecule has 0 amide bonds. The van der Waals surface area contributed by atoms with Crippen molar-refractivity contribution in [3.63, 3.8) is 0 Å². The lowest BCUT2D eigenvalue weighted by atomic mass is 9.74. The predicted octanol–water partition coefficient (Wildman–Crippen LogP) is 5.85. The third-order valence-electron chi connectivity index (χ3n) is 5.30. The minimum atomic E-state index is 0.283. The molecule has 0 nitrogen and oxygen atoms in total. The van der Waals surface area contributed by atoms with E-state index < -0.39 is 0 Å². The van der Waals surface area contributed by atoms with Gasteiger partial charge in [-0.1, -0.05) is 58.8 Å². The molecule has 0 heteroatoms. The van der Waals surface area contributed by atoms with Crippen molar-refractivity contribution in [2.24, 2.45) is 29.1 Å². The van der Waals surface area contributed by atoms with Crippen molar-refractivity contribution >= 4 is 0 Å². The van der Waals surface area contributed by atoms with Crippen LogP contribution in [0.4, 0.5) is 0 Å². The molecule has 4 unspecified atom stereocenters. The number of rotatable bonds is 7. The highest BCUT2D eigenvalue weighted by Gasteiger charge is 2.46. The van der Waals surface area contributed by atoms with Gasteiger partial charge in [0.1, 0.15) is 0 Å². The van der Waals surface area contributed by atoms with Crippen LogP contribution in [0.25, 0.3) is 0 Å². The fourth-order valence-electron chi connectivity index (χ4n) is 3.16. The maximum Gasteiger partial charge on any atom is -0.0149 e. The highest BCUT2D eigenvalue weighted by atomic mass is 14.5. The van der Waals surface area contributed by atoms with Gasteiger partial charge >= 0.3 is 0 Å². The highest BCUT2D eigenvalue weighted by molar-refractivity contribution is 5.12. The molecule has 0 aromatic heterocycles. The van der Waals surface area contributed by atoms with Crippen LogP contribution in [0.15, 0.2) is 24.3 Å². The molecule has 1 aliphatic rings. The summed E-state index contributed by atoms with van der Waals surface area (Å²) in [6.07, 6.45) is 8.52. The predicted molar refractivity (Wildman–Crippen MR) is 82.6 cm³/mol. The highest BCUT2D eigenvalue weighted by Crippen LogP contribution is 2.53. The second kappa shape index (κ2) is 6.08. The Labute approximate surface area is 115 Å². The first-order chi connectivity index (χ1) is 8.37. The van der Waals surface area contributed by atoms with Crippen molar-refractivity contribution in [3.8, 4) is 0 Å². The summed E-state index contributed by atoms with van der Waals surface area (Å²) >= 11 is 0. The van der Waals surface area contributed by atoms with Gasteiger partial charge in [0.05, 0.1) is 0 Å². The minimum absolute atomic E-state index is 0.283. The van der Waals surface area contributed by atoms with Crippen LogP contribution >= 0.6 is 0 Å². The SMILES string of the molecule is C=CC(C)(C)C(CC)CC1C(C)C1C=C(C)CC. The lowest BCUT2D eigenvalue weighted by Crippen LogP contribution is -2.21. The van der Waals surface area contributed by atoms with Gasteiger partial charge in [0, 0.05) is 0 Å². The van der Waals surface area contributed by atoms with Crippen LogP contribution in [0.3, 0.4) is 0 Å². The van der Waals surface area contributed by atoms with Gasteiger partial charge in [-0.2, -0.15) is 0 Å². The molecule has 1 fully saturated rings. The smallest absolute Gasteiger partial charge is 0.0149 e. The Bertz CT molecular complexity index is 308. The van der Waals surface area contributed by atoms with E-state index in [4.69, 9.17) is 0 Å². The molecule has 0 aromatic carbocycles. The second-order valence-corrected chi connectivity index (χ2v) is 6.83. The molecule has 0 heterocycles. The van der Waals surface area contributed by atoms with Crippen LogP contribution in [0.5, 0.6) is 0 Å². The molecule has 18 heavy (non-hydrogen) atoms. The summed E-state index contributed by atoms with van der Waals surface area (Å²) in [5, 5.41) is 0. The van der Waals surface area contributed by atoms with Gasteiger partial charge in [0.25, 0.3) is 0 Å². The van der Waals surface area contributed by atoms with Crippen molar-refractivity contribution in [1.82, 2.24) is 0 Å². The Balaban J connectivity index is 2.61. The maximum absolute atomic E-state index is 4.02. The summed E-state index contributed by atoms with van der Waals surface area (Å²) in [5.74, 6) is 3.43. The molecule has 0 radical (unpaired) electrons. The van der Waals surface area contributed by atoms with Crippen LogP contribution < -0.4 is 0 Å². The third-order valence-corrected chi connectivity index (χ3v) is 5.30. The summed E-state index contributed by atoms with van der Waals surface area (Å²) in [4.78, 5) is 0. The van der Waals surface area contributed by atoms with Crippen molar-refractivity contribution in [2.45, 2.75) is 60.8 Å². The van der Waals surface area contributed by atoms with Crippen LogP contribution in [-0.2, 0) is 0 Å². The first-order valence-electron chi connectivity index (χ1n) is 7.68. The lowest BCUT2D eigenvalue weighted by Gasteiger charge is -2.31. The van der Waals surface area contributed by atoms with Crippen molar-refractivity contribution < 1.29 is 0 Å². The van der Waals surface area contributed by atoms with E-state index in [0.717, 1.165) is 23.7 Å². The van der Waals surface area contributed by atoms with Gasteiger partial charge in [-0.15, -0.1) is 6.58 Å². The Morgan fingerprint density at radius 1 is 1.33 bits per heavy atom. The first kappa shape index (κ1) is 15.5. The molecule has 104 valence electrons. The molecule has 1 rings (SSSR count). The van der Waals surface area contributed by atoms with Crippen molar-refractivity contribution in [1.29, 1.82) is 0 Å². The Morgan fingerprint density at radius 2 is 1.94 bits per heavy atom. The van der Waals surface area contributed by atoms with Gasteiger partial charge in [0.2, 0.25) is 0 Å². The first-order valence-corrected chi connectivity index (χ1v) is 7.68. The molecule has 1 aliphatic carbocycles. The zero-order valence-electron chi connectivity index (χ0n) is 13.3. The quantitative estimate of drug-likeness (QED) is 0.495. The van der Waals surface area contributed by atoms with E-state index in [9.17, 15) is 0 Å². The molecule has 0 bridgehead atoms. The fraction of sp³-hybridized carbons (Fsp3) is 0.778. The van der Waals surface area contributed by atoms with E-state index in [2.05, 4.69) is 60.3 Å². The maximum atomic E-state index is 4.02. The number of hydrogen-bond acceptors (Lipinski definition) is 0. The summed E-state index contributed by atoms with van der Waals surface area (Å²) in [6, 6.07) is 0. The largest absolute Gasteiger partial charge is 0.103 e. The standard InChI is InChI=1S/C18H32/c1-8-13(4)11-16-14(5)17(16)12-15(9-2)18(6,7)10-3/h10-11,14-17H,3,8-9,12H2,1-2,4-7H3. The van der Waals surface area contributed by atoms with Gasteiger partial charge in [-0.05, 0) is 48.9 Å². The summed E-state index contributed by atoms with van der Waals surface area (Å²) in [7, 11) is 0. The average Bonchev–Trinajstić information content (AvgIpc) is 2.95. The molecule has 1 saturated carbocycles. The molecule has 4 atom stereocenters. The van der Waals surface area contributed by atoms with Gasteiger partial charge < -0.3 is 0 Å². The molecule has 0 aliphatic heterocycles. The Hall–Kier alpha value is -0.520. The summed E-state index contributed by atoms with van der Waals surface area (Å²) < 4.78 is 0. The monoisotopic (exact) mass is 248 g/mol. The minimum Gasteiger partial charge on any atom is -0.103 e. The number of allylic oxidation sites excluding steroid dienone is 3. The van der Waals surface area contributed by atoms with Crippen molar-refractivity contribution in [2.75, 3.05) is 0 Å². The van der Waals surface area contributed by atoms with Gasteiger partial charge in [-0.3, -0.25) is 0 Å². The average molecular weight is 248 g/mol. The van der Waals surface area contributed by atoms with Gasteiger partial charge in [0.15, 0.2) is 0 Å². The van der Waals surface area contributed by atoms with Crippen LogP contribution in [0.1, 0.15) is 60.8 Å². The Kier molecular flexibility index (Phi) is 5.25. The molecular formula is C18H32. The van der Waals surface area contributed by atoms with Crippen LogP contribution in [-0.4, -0.2) is 0 Å². The normalized spacial score (nSPS) is 30.1. The van der Waals surface area contributed by atoms with Crippen molar-refractivity contribution in [3.05, 3.63) is 24.3 Å². The molecular weight excluding hydrogens is 216 g/mol. The van der Waals surface area contributed by atoms with Gasteiger partial charge in [-0.25, -0.2) is 0 Å². The fourth-order valence-corrected chi connectivity index (χ4v) is 3.16. The van der Waals surface area contributed by atoms with Crippen LogP contribution in [0, 0.1) is 29.1 Å². The topological polar surface area (TPSA) is 0 Å². The number of hydrogen-bond donors (Lipinski definition) is 0. The van der Waals surface area contributed by atoms with E-state index in [0.29, 0.717) is 0 Å². The third kappa shape index (κ3) is 3.49. The second-order valence-electron chi connectivity index (χ2n) is 6.83. The van der Waals surface area contributed by atoms with Crippen LogP contribution in [0.2, 0.25) is 0 Å². The van der Waals surface area contributed by atoms with E-state index in [1.807, 2.05) is 0 Å². The van der Waals surface area contributed by atoms with E-state index in [-0.39, 0.29) is 5.41 Å². The molecule has 0 spiro atoms. The summed E-state index contributed by atoms with van der Waals surface area (Å²) in [5.41, 5.74) is 1.84. The van der Waals surface area contributed by atoms with E-state index in [1.54, 1.807) is 5.57 Å². The zero-order chi connectivity index (χ0) is 13.9. The molecule has 0 saturated heterocycles. The molecule has 0 aromatic rings. The van der Waals surface area contributed by atoms with E-state index >= 15 is 0 Å². The molecule has 0 N–H and O–H groups in total.